The fourth-order valence-electron chi connectivity index (χ4n) is 0.677. The average Bonchev–Trinajstić information content (AvgIpc) is 2.06. The van der Waals surface area contributed by atoms with Crippen molar-refractivity contribution in [1.29, 1.82) is 0 Å². The largest absolute Gasteiger partial charge is 0.349 e. The van der Waals surface area contributed by atoms with Crippen molar-refractivity contribution < 1.29 is 4.79 Å². The minimum Gasteiger partial charge on any atom is -0.349 e. The Bertz CT molecular complexity index is 113. The topological polar surface area (TPSA) is 98.4 Å². The summed E-state index contributed by atoms with van der Waals surface area (Å²) < 4.78 is 0. The van der Waals surface area contributed by atoms with Crippen molar-refractivity contribution in [3.8, 4) is 0 Å². The minimum absolute atomic E-state index is 0.306. The first-order valence-electron chi connectivity index (χ1n) is 4.65. The van der Waals surface area contributed by atoms with Crippen molar-refractivity contribution in [3.05, 3.63) is 0 Å². The number of urea groups is 1. The van der Waals surface area contributed by atoms with Crippen LogP contribution in [0.1, 0.15) is 46.0 Å². The highest BCUT2D eigenvalue weighted by Gasteiger charge is 1.90. The van der Waals surface area contributed by atoms with E-state index in [1.807, 2.05) is 0 Å². The van der Waals surface area contributed by atoms with Crippen molar-refractivity contribution in [2.75, 3.05) is 0 Å². The maximum absolute atomic E-state index is 9.60. The lowest BCUT2D eigenvalue weighted by molar-refractivity contribution is 0.210. The molecule has 80 valence electrons. The van der Waals surface area contributed by atoms with Crippen LogP contribution in [0.2, 0.25) is 0 Å². The normalized spacial score (nSPS) is 8.62. The standard InChI is InChI=1S/C7H16.CH6N4O/c1-3-5-7-6-4-2;2-1(6)5(3)4/h3-7H2,1-2H3;3-4H2,(H2,2,6). The third-order valence-electron chi connectivity index (χ3n) is 1.46. The molecule has 0 fully saturated rings. The summed E-state index contributed by atoms with van der Waals surface area (Å²) in [7, 11) is 0. The van der Waals surface area contributed by atoms with Crippen LogP contribution < -0.4 is 17.4 Å². The van der Waals surface area contributed by atoms with Gasteiger partial charge >= 0.3 is 6.03 Å². The molecule has 2 amide bonds. The summed E-state index contributed by atoms with van der Waals surface area (Å²) in [5.41, 5.74) is 4.47. The van der Waals surface area contributed by atoms with Gasteiger partial charge < -0.3 is 5.73 Å². The molecule has 0 aromatic heterocycles. The predicted molar refractivity (Wildman–Crippen MR) is 54.2 cm³/mol. The lowest BCUT2D eigenvalue weighted by Crippen LogP contribution is -2.46. The van der Waals surface area contributed by atoms with Crippen LogP contribution in [0, 0.1) is 0 Å². The molecule has 0 aromatic rings. The van der Waals surface area contributed by atoms with Crippen molar-refractivity contribution in [2.24, 2.45) is 17.4 Å². The van der Waals surface area contributed by atoms with Gasteiger partial charge in [-0.2, -0.15) is 5.12 Å². The van der Waals surface area contributed by atoms with Crippen LogP contribution in [0.5, 0.6) is 0 Å². The lowest BCUT2D eigenvalue weighted by Gasteiger charge is -2.00. The number of carbonyl (C=O) groups is 1. The van der Waals surface area contributed by atoms with Crippen LogP contribution >= 0.6 is 0 Å². The Labute approximate surface area is 80.2 Å². The molecule has 0 spiro atoms. The number of primary amides is 1. The summed E-state index contributed by atoms with van der Waals surface area (Å²) in [6.45, 7) is 4.49. The number of nitrogens with two attached hydrogens (primary N) is 3. The number of hydrogen-bond acceptors (Lipinski definition) is 3. The quantitative estimate of drug-likeness (QED) is 0.268. The number of amides is 2. The van der Waals surface area contributed by atoms with Gasteiger partial charge in [0.2, 0.25) is 0 Å². The molecular formula is C8H22N4O. The summed E-state index contributed by atoms with van der Waals surface area (Å²) in [4.78, 5) is 9.60. The summed E-state index contributed by atoms with van der Waals surface area (Å²) in [5.74, 6) is 9.14. The summed E-state index contributed by atoms with van der Waals surface area (Å²) in [6, 6.07) is -0.852. The Morgan fingerprint density at radius 1 is 1.08 bits per heavy atom. The Morgan fingerprint density at radius 3 is 1.54 bits per heavy atom. The molecule has 0 atom stereocenters. The zero-order chi connectivity index (χ0) is 10.7. The van der Waals surface area contributed by atoms with Crippen LogP contribution in [-0.4, -0.2) is 11.1 Å². The fraction of sp³-hybridized carbons (Fsp3) is 0.875. The van der Waals surface area contributed by atoms with Gasteiger partial charge in [0, 0.05) is 0 Å². The van der Waals surface area contributed by atoms with Crippen LogP contribution in [0.25, 0.3) is 0 Å². The van der Waals surface area contributed by atoms with Crippen molar-refractivity contribution in [3.63, 3.8) is 0 Å². The fourth-order valence-corrected chi connectivity index (χ4v) is 0.677. The van der Waals surface area contributed by atoms with Gasteiger partial charge in [-0.25, -0.2) is 16.5 Å². The van der Waals surface area contributed by atoms with Crippen LogP contribution in [0.4, 0.5) is 4.79 Å². The SMILES string of the molecule is CCCCCCC.NC(=O)N(N)N. The van der Waals surface area contributed by atoms with Gasteiger partial charge in [-0.1, -0.05) is 46.0 Å². The van der Waals surface area contributed by atoms with E-state index in [1.165, 1.54) is 32.1 Å². The molecule has 0 rings (SSSR count). The van der Waals surface area contributed by atoms with E-state index in [2.05, 4.69) is 31.3 Å². The van der Waals surface area contributed by atoms with Crippen LogP contribution in [0.3, 0.4) is 0 Å². The van der Waals surface area contributed by atoms with E-state index in [-0.39, 0.29) is 0 Å². The third-order valence-corrected chi connectivity index (χ3v) is 1.46. The van der Waals surface area contributed by atoms with Gasteiger partial charge in [0.15, 0.2) is 0 Å². The van der Waals surface area contributed by atoms with E-state index in [0.29, 0.717) is 5.12 Å². The summed E-state index contributed by atoms with van der Waals surface area (Å²) >= 11 is 0. The maximum atomic E-state index is 9.60. The molecule has 0 saturated heterocycles. The van der Waals surface area contributed by atoms with Crippen LogP contribution in [-0.2, 0) is 0 Å². The molecule has 0 bridgehead atoms. The highest BCUT2D eigenvalue weighted by Crippen LogP contribution is 2.00. The number of unbranched alkanes of at least 4 members (excludes halogenated alkanes) is 4. The maximum Gasteiger partial charge on any atom is 0.343 e. The number of hydrazine groups is 2. The monoisotopic (exact) mass is 190 g/mol. The molecule has 0 heterocycles. The first kappa shape index (κ1) is 14.7. The Hall–Kier alpha value is -0.810. The molecule has 5 heteroatoms. The molecule has 0 aliphatic carbocycles. The van der Waals surface area contributed by atoms with Gasteiger partial charge in [-0.15, -0.1) is 0 Å². The molecule has 0 saturated carbocycles. The number of rotatable bonds is 4. The van der Waals surface area contributed by atoms with Gasteiger partial charge in [0.1, 0.15) is 0 Å². The van der Waals surface area contributed by atoms with Gasteiger partial charge in [-0.05, 0) is 0 Å². The molecule has 13 heavy (non-hydrogen) atoms. The molecule has 0 aromatic carbocycles. The Balaban J connectivity index is 0. The molecule has 6 N–H and O–H groups in total. The molecule has 5 nitrogen and oxygen atoms in total. The van der Waals surface area contributed by atoms with Gasteiger partial charge in [0.05, 0.1) is 0 Å². The first-order chi connectivity index (χ1) is 6.06. The van der Waals surface area contributed by atoms with E-state index in [9.17, 15) is 4.79 Å². The van der Waals surface area contributed by atoms with E-state index in [4.69, 9.17) is 0 Å². The molecule has 0 aliphatic rings. The third kappa shape index (κ3) is 18.3. The second-order valence-electron chi connectivity index (χ2n) is 2.81. The van der Waals surface area contributed by atoms with E-state index in [0.717, 1.165) is 0 Å². The van der Waals surface area contributed by atoms with Crippen molar-refractivity contribution in [1.82, 2.24) is 5.12 Å². The first-order valence-corrected chi connectivity index (χ1v) is 4.65. The summed E-state index contributed by atoms with van der Waals surface area (Å²) in [6.07, 6.45) is 7.01. The Kier molecular flexibility index (Phi) is 12.7. The molecular weight excluding hydrogens is 168 g/mol. The lowest BCUT2D eigenvalue weighted by atomic mass is 10.2. The zero-order valence-corrected chi connectivity index (χ0v) is 8.62. The smallest absolute Gasteiger partial charge is 0.343 e. The van der Waals surface area contributed by atoms with Gasteiger partial charge in [-0.3, -0.25) is 0 Å². The number of carbonyl (C=O) groups excluding carboxylic acids is 1. The average molecular weight is 190 g/mol. The Morgan fingerprint density at radius 2 is 1.38 bits per heavy atom. The highest BCUT2D eigenvalue weighted by atomic mass is 16.2. The van der Waals surface area contributed by atoms with E-state index >= 15 is 0 Å². The van der Waals surface area contributed by atoms with E-state index < -0.39 is 6.03 Å². The minimum atomic E-state index is -0.852. The molecule has 0 aliphatic heterocycles. The second-order valence-corrected chi connectivity index (χ2v) is 2.81. The van der Waals surface area contributed by atoms with Crippen LogP contribution in [0.15, 0.2) is 0 Å². The number of hydrogen-bond donors (Lipinski definition) is 3. The number of nitrogens with zero attached hydrogens (tertiary/aromatic N) is 1. The highest BCUT2D eigenvalue weighted by molar-refractivity contribution is 5.70. The van der Waals surface area contributed by atoms with Crippen molar-refractivity contribution in [2.45, 2.75) is 46.0 Å². The van der Waals surface area contributed by atoms with E-state index in [1.54, 1.807) is 0 Å². The van der Waals surface area contributed by atoms with Crippen molar-refractivity contribution >= 4 is 6.03 Å². The predicted octanol–water partition coefficient (Wildman–Crippen LogP) is 1.09. The second kappa shape index (κ2) is 11.2. The molecule has 0 unspecified atom stereocenters. The zero-order valence-electron chi connectivity index (χ0n) is 8.62. The van der Waals surface area contributed by atoms with Gasteiger partial charge in [0.25, 0.3) is 0 Å². The summed E-state index contributed by atoms with van der Waals surface area (Å²) in [5, 5.41) is 0.306. The molecule has 0 radical (unpaired) electrons.